The van der Waals surface area contributed by atoms with Crippen molar-refractivity contribution in [2.24, 2.45) is 0 Å². The van der Waals surface area contributed by atoms with Crippen LogP contribution in [0, 0.1) is 25.5 Å². The number of benzene rings is 1. The number of hydrogen-bond acceptors (Lipinski definition) is 4. The molecule has 4 rings (SSSR count). The van der Waals surface area contributed by atoms with Gasteiger partial charge in [0.1, 0.15) is 23.0 Å². The van der Waals surface area contributed by atoms with Gasteiger partial charge in [-0.25, -0.2) is 13.8 Å². The first-order valence-electron chi connectivity index (χ1n) is 10.1. The molecule has 2 aliphatic rings. The van der Waals surface area contributed by atoms with Crippen LogP contribution in [0.15, 0.2) is 24.4 Å². The standard InChI is InChI=1S/C22H24F2N4O2/c1-13-9-14(2)20(26-12-13)27-5-7-28(8-6-27)22(30)19-17(23)10-15(11-18(19)24)16-3-4-25-21(16)29/h9-12,16H,3-8H2,1-2H3,(H,25,29). The highest BCUT2D eigenvalue weighted by atomic mass is 19.1. The summed E-state index contributed by atoms with van der Waals surface area (Å²) >= 11 is 0. The quantitative estimate of drug-likeness (QED) is 0.839. The normalized spacial score (nSPS) is 19.2. The fraction of sp³-hybridized carbons (Fsp3) is 0.409. The van der Waals surface area contributed by atoms with E-state index in [0.29, 0.717) is 39.1 Å². The number of piperazine rings is 1. The molecule has 1 unspecified atom stereocenters. The molecule has 0 saturated carbocycles. The lowest BCUT2D eigenvalue weighted by Crippen LogP contribution is -2.49. The molecule has 2 aromatic rings. The van der Waals surface area contributed by atoms with Crippen molar-refractivity contribution in [3.63, 3.8) is 0 Å². The molecule has 2 aliphatic heterocycles. The molecule has 0 spiro atoms. The van der Waals surface area contributed by atoms with Crippen LogP contribution in [0.1, 0.15) is 39.4 Å². The van der Waals surface area contributed by atoms with Gasteiger partial charge >= 0.3 is 0 Å². The third kappa shape index (κ3) is 3.74. The van der Waals surface area contributed by atoms with E-state index >= 15 is 0 Å². The van der Waals surface area contributed by atoms with Gasteiger partial charge in [0.05, 0.1) is 5.92 Å². The number of amides is 2. The van der Waals surface area contributed by atoms with Crippen molar-refractivity contribution in [3.8, 4) is 0 Å². The van der Waals surface area contributed by atoms with Gasteiger partial charge in [0.2, 0.25) is 5.91 Å². The number of halogens is 2. The molecule has 30 heavy (non-hydrogen) atoms. The molecular formula is C22H24F2N4O2. The summed E-state index contributed by atoms with van der Waals surface area (Å²) in [6.45, 7) is 6.21. The van der Waals surface area contributed by atoms with Gasteiger partial charge in [-0.15, -0.1) is 0 Å². The van der Waals surface area contributed by atoms with Gasteiger partial charge in [-0.2, -0.15) is 0 Å². The Morgan fingerprint density at radius 2 is 1.77 bits per heavy atom. The number of aryl methyl sites for hydroxylation is 2. The first-order chi connectivity index (χ1) is 14.3. The van der Waals surface area contributed by atoms with E-state index in [0.717, 1.165) is 29.1 Å². The second-order valence-electron chi connectivity index (χ2n) is 7.92. The fourth-order valence-corrected chi connectivity index (χ4v) is 4.23. The summed E-state index contributed by atoms with van der Waals surface area (Å²) in [6.07, 6.45) is 2.29. The third-order valence-corrected chi connectivity index (χ3v) is 5.78. The molecule has 6 nitrogen and oxygen atoms in total. The zero-order chi connectivity index (χ0) is 21.4. The highest BCUT2D eigenvalue weighted by Crippen LogP contribution is 2.28. The van der Waals surface area contributed by atoms with Crippen LogP contribution >= 0.6 is 0 Å². The molecule has 2 saturated heterocycles. The smallest absolute Gasteiger partial charge is 0.259 e. The van der Waals surface area contributed by atoms with Crippen LogP contribution in [0.5, 0.6) is 0 Å². The average Bonchev–Trinajstić information content (AvgIpc) is 3.13. The summed E-state index contributed by atoms with van der Waals surface area (Å²) in [5, 5.41) is 2.65. The first-order valence-corrected chi connectivity index (χ1v) is 10.1. The van der Waals surface area contributed by atoms with Crippen LogP contribution in [-0.2, 0) is 4.79 Å². The van der Waals surface area contributed by atoms with E-state index in [2.05, 4.69) is 21.3 Å². The van der Waals surface area contributed by atoms with E-state index in [9.17, 15) is 18.4 Å². The SMILES string of the molecule is Cc1cnc(N2CCN(C(=O)c3c(F)cc(C4CCNC4=O)cc3F)CC2)c(C)c1. The van der Waals surface area contributed by atoms with Crippen molar-refractivity contribution in [1.82, 2.24) is 15.2 Å². The molecule has 0 bridgehead atoms. The van der Waals surface area contributed by atoms with Crippen molar-refractivity contribution in [3.05, 3.63) is 58.3 Å². The zero-order valence-corrected chi connectivity index (χ0v) is 17.0. The lowest BCUT2D eigenvalue weighted by Gasteiger charge is -2.36. The van der Waals surface area contributed by atoms with Gasteiger partial charge in [0, 0.05) is 38.9 Å². The monoisotopic (exact) mass is 414 g/mol. The van der Waals surface area contributed by atoms with Gasteiger partial charge in [-0.3, -0.25) is 9.59 Å². The van der Waals surface area contributed by atoms with E-state index in [4.69, 9.17) is 0 Å². The van der Waals surface area contributed by atoms with Gasteiger partial charge in [0.25, 0.3) is 5.91 Å². The molecule has 2 amide bonds. The minimum Gasteiger partial charge on any atom is -0.356 e. The summed E-state index contributed by atoms with van der Waals surface area (Å²) in [5.41, 5.74) is 1.84. The molecule has 8 heteroatoms. The Morgan fingerprint density at radius 1 is 1.10 bits per heavy atom. The lowest BCUT2D eigenvalue weighted by molar-refractivity contribution is -0.120. The summed E-state index contributed by atoms with van der Waals surface area (Å²) < 4.78 is 29.4. The predicted octanol–water partition coefficient (Wildman–Crippen LogP) is 2.54. The van der Waals surface area contributed by atoms with Crippen LogP contribution in [0.2, 0.25) is 0 Å². The van der Waals surface area contributed by atoms with Crippen molar-refractivity contribution in [2.45, 2.75) is 26.2 Å². The molecule has 0 aliphatic carbocycles. The lowest BCUT2D eigenvalue weighted by atomic mass is 9.95. The van der Waals surface area contributed by atoms with Crippen molar-refractivity contribution in [2.75, 3.05) is 37.6 Å². The number of anilines is 1. The van der Waals surface area contributed by atoms with Crippen molar-refractivity contribution >= 4 is 17.6 Å². The molecule has 1 aromatic carbocycles. The van der Waals surface area contributed by atoms with Crippen molar-refractivity contribution < 1.29 is 18.4 Å². The molecule has 158 valence electrons. The maximum Gasteiger partial charge on any atom is 0.259 e. The number of hydrogen-bond donors (Lipinski definition) is 1. The Hall–Kier alpha value is -3.03. The highest BCUT2D eigenvalue weighted by molar-refractivity contribution is 5.95. The number of nitrogens with one attached hydrogen (secondary N) is 1. The topological polar surface area (TPSA) is 65.5 Å². The second kappa shape index (κ2) is 8.01. The van der Waals surface area contributed by atoms with Crippen LogP contribution < -0.4 is 10.2 Å². The Balaban J connectivity index is 1.48. The van der Waals surface area contributed by atoms with Gasteiger partial charge in [-0.05, 0) is 49.1 Å². The number of rotatable bonds is 3. The van der Waals surface area contributed by atoms with Gasteiger partial charge < -0.3 is 15.1 Å². The molecule has 1 atom stereocenters. The van der Waals surface area contributed by atoms with E-state index in [1.54, 1.807) is 6.20 Å². The number of aromatic nitrogens is 1. The number of carbonyl (C=O) groups is 2. The Bertz CT molecular complexity index is 980. The summed E-state index contributed by atoms with van der Waals surface area (Å²) in [7, 11) is 0. The zero-order valence-electron chi connectivity index (χ0n) is 17.0. The minimum absolute atomic E-state index is 0.246. The van der Waals surface area contributed by atoms with Crippen molar-refractivity contribution in [1.29, 1.82) is 0 Å². The largest absolute Gasteiger partial charge is 0.356 e. The van der Waals surface area contributed by atoms with Crippen LogP contribution in [-0.4, -0.2) is 54.4 Å². The number of carbonyl (C=O) groups excluding carboxylic acids is 2. The Labute approximate surface area is 173 Å². The van der Waals surface area contributed by atoms with Crippen LogP contribution in [0.3, 0.4) is 0 Å². The van der Waals surface area contributed by atoms with Gasteiger partial charge in [-0.1, -0.05) is 6.07 Å². The van der Waals surface area contributed by atoms with Crippen LogP contribution in [0.4, 0.5) is 14.6 Å². The molecule has 2 fully saturated rings. The summed E-state index contributed by atoms with van der Waals surface area (Å²) in [6, 6.07) is 4.28. The second-order valence-corrected chi connectivity index (χ2v) is 7.92. The number of pyridine rings is 1. The van der Waals surface area contributed by atoms with E-state index in [1.807, 2.05) is 13.8 Å². The predicted molar refractivity (Wildman–Crippen MR) is 109 cm³/mol. The fourth-order valence-electron chi connectivity index (χ4n) is 4.23. The van der Waals surface area contributed by atoms with Gasteiger partial charge in [0.15, 0.2) is 0 Å². The Morgan fingerprint density at radius 3 is 2.33 bits per heavy atom. The third-order valence-electron chi connectivity index (χ3n) is 5.78. The van der Waals surface area contributed by atoms with Crippen LogP contribution in [0.25, 0.3) is 0 Å². The highest BCUT2D eigenvalue weighted by Gasteiger charge is 2.31. The molecular weight excluding hydrogens is 390 g/mol. The first kappa shape index (κ1) is 20.3. The molecule has 1 aromatic heterocycles. The molecule has 0 radical (unpaired) electrons. The van der Waals surface area contributed by atoms with E-state index < -0.39 is 29.0 Å². The number of nitrogens with zero attached hydrogens (tertiary/aromatic N) is 3. The summed E-state index contributed by atoms with van der Waals surface area (Å²) in [4.78, 5) is 32.7. The summed E-state index contributed by atoms with van der Waals surface area (Å²) in [5.74, 6) is -2.47. The maximum atomic E-state index is 14.7. The average molecular weight is 414 g/mol. The van der Waals surface area contributed by atoms with E-state index in [-0.39, 0.29) is 11.5 Å². The molecule has 3 heterocycles. The minimum atomic E-state index is -0.923. The maximum absolute atomic E-state index is 14.7. The molecule has 1 N–H and O–H groups in total. The van der Waals surface area contributed by atoms with E-state index in [1.165, 1.54) is 4.90 Å². The Kier molecular flexibility index (Phi) is 5.40.